The topological polar surface area (TPSA) is 55.9 Å². The Morgan fingerprint density at radius 3 is 2.54 bits per heavy atom. The highest BCUT2D eigenvalue weighted by molar-refractivity contribution is 5.89. The van der Waals surface area contributed by atoms with Gasteiger partial charge < -0.3 is 15.1 Å². The number of rotatable bonds is 2. The third kappa shape index (κ3) is 3.85. The molecule has 1 N–H and O–H groups in total. The summed E-state index contributed by atoms with van der Waals surface area (Å²) in [5.74, 6) is 0.202. The molecule has 26 heavy (non-hydrogen) atoms. The predicted molar refractivity (Wildman–Crippen MR) is 103 cm³/mol. The summed E-state index contributed by atoms with van der Waals surface area (Å²) in [6.45, 7) is 5.08. The Balaban J connectivity index is 1.68. The molecule has 2 aliphatic heterocycles. The van der Waals surface area contributed by atoms with E-state index in [1.807, 2.05) is 41.1 Å². The largest absolute Gasteiger partial charge is 0.346 e. The fourth-order valence-electron chi connectivity index (χ4n) is 3.96. The van der Waals surface area contributed by atoms with E-state index in [2.05, 4.69) is 24.2 Å². The molecule has 2 heterocycles. The van der Waals surface area contributed by atoms with Crippen molar-refractivity contribution in [1.82, 2.24) is 14.7 Å². The molecule has 1 spiro atoms. The van der Waals surface area contributed by atoms with Gasteiger partial charge >= 0.3 is 6.03 Å². The van der Waals surface area contributed by atoms with Gasteiger partial charge in [-0.25, -0.2) is 4.79 Å². The van der Waals surface area contributed by atoms with Gasteiger partial charge in [-0.3, -0.25) is 9.69 Å². The molecule has 0 aliphatic carbocycles. The molecule has 0 aromatic heterocycles. The van der Waals surface area contributed by atoms with E-state index in [9.17, 15) is 9.59 Å². The molecule has 0 saturated carbocycles. The van der Waals surface area contributed by atoms with Gasteiger partial charge in [-0.2, -0.15) is 0 Å². The maximum Gasteiger partial charge on any atom is 0.321 e. The van der Waals surface area contributed by atoms with Crippen LogP contribution in [0.3, 0.4) is 0 Å². The molecule has 0 radical (unpaired) electrons. The molecule has 2 saturated heterocycles. The number of hydrogen-bond donors (Lipinski definition) is 1. The molecule has 0 bridgehead atoms. The highest BCUT2D eigenvalue weighted by atomic mass is 16.2. The fraction of sp³-hybridized carbons (Fsp3) is 0.600. The van der Waals surface area contributed by atoms with E-state index in [-0.39, 0.29) is 17.5 Å². The van der Waals surface area contributed by atoms with E-state index in [1.54, 1.807) is 0 Å². The molecule has 2 aliphatic rings. The molecule has 6 heteroatoms. The Morgan fingerprint density at radius 1 is 1.12 bits per heavy atom. The quantitative estimate of drug-likeness (QED) is 0.883. The molecule has 142 valence electrons. The summed E-state index contributed by atoms with van der Waals surface area (Å²) in [6, 6.07) is 7.97. The first kappa shape index (κ1) is 18.7. The first-order valence-electron chi connectivity index (χ1n) is 9.53. The number of carbonyl (C=O) groups excluding carboxylic acids is 2. The number of likely N-dealkylation sites (tertiary alicyclic amines) is 1. The summed E-state index contributed by atoms with van der Waals surface area (Å²) < 4.78 is 0. The van der Waals surface area contributed by atoms with Crippen LogP contribution in [0.15, 0.2) is 24.3 Å². The Labute approximate surface area is 156 Å². The van der Waals surface area contributed by atoms with Crippen LogP contribution in [0.4, 0.5) is 10.5 Å². The van der Waals surface area contributed by atoms with Gasteiger partial charge in [0, 0.05) is 50.9 Å². The lowest BCUT2D eigenvalue weighted by atomic mass is 9.86. The first-order valence-corrected chi connectivity index (χ1v) is 9.53. The lowest BCUT2D eigenvalue weighted by Gasteiger charge is -2.49. The number of aryl methyl sites for hydroxylation is 1. The highest BCUT2D eigenvalue weighted by Crippen LogP contribution is 2.32. The summed E-state index contributed by atoms with van der Waals surface area (Å²) in [6.07, 6.45) is 3.25. The van der Waals surface area contributed by atoms with Crippen LogP contribution in [0.1, 0.15) is 31.7 Å². The lowest BCUT2D eigenvalue weighted by molar-refractivity contribution is -0.129. The summed E-state index contributed by atoms with van der Waals surface area (Å²) in [4.78, 5) is 30.9. The van der Waals surface area contributed by atoms with Crippen molar-refractivity contribution in [2.45, 2.75) is 38.1 Å². The standard InChI is InChI=1S/C20H30N4O2/c1-4-16-5-7-17(8-6-16)21-19(26)24-14-13-23(3)20(15-24)10-9-18(25)22(2)12-11-20/h5-8H,4,9-15H2,1-3H3,(H,21,26). The van der Waals surface area contributed by atoms with Crippen molar-refractivity contribution in [3.05, 3.63) is 29.8 Å². The van der Waals surface area contributed by atoms with Crippen molar-refractivity contribution in [2.24, 2.45) is 0 Å². The number of hydrogen-bond acceptors (Lipinski definition) is 3. The summed E-state index contributed by atoms with van der Waals surface area (Å²) in [7, 11) is 3.99. The molecule has 1 unspecified atom stereocenters. The van der Waals surface area contributed by atoms with Gasteiger partial charge in [0.1, 0.15) is 0 Å². The Bertz CT molecular complexity index is 660. The van der Waals surface area contributed by atoms with E-state index in [0.717, 1.165) is 38.0 Å². The molecule has 1 atom stereocenters. The minimum atomic E-state index is -0.109. The summed E-state index contributed by atoms with van der Waals surface area (Å²) >= 11 is 0. The zero-order valence-corrected chi connectivity index (χ0v) is 16.1. The maximum absolute atomic E-state index is 12.8. The fourth-order valence-corrected chi connectivity index (χ4v) is 3.96. The third-order valence-corrected chi connectivity index (χ3v) is 6.04. The van der Waals surface area contributed by atoms with Crippen LogP contribution >= 0.6 is 0 Å². The van der Waals surface area contributed by atoms with Gasteiger partial charge in [-0.15, -0.1) is 0 Å². The van der Waals surface area contributed by atoms with Crippen LogP contribution in [0.5, 0.6) is 0 Å². The zero-order chi connectivity index (χ0) is 18.7. The van der Waals surface area contributed by atoms with E-state index < -0.39 is 0 Å². The number of piperazine rings is 1. The maximum atomic E-state index is 12.8. The summed E-state index contributed by atoms with van der Waals surface area (Å²) in [5, 5.41) is 3.02. The monoisotopic (exact) mass is 358 g/mol. The second-order valence-corrected chi connectivity index (χ2v) is 7.61. The number of benzene rings is 1. The Morgan fingerprint density at radius 2 is 1.85 bits per heavy atom. The second-order valence-electron chi connectivity index (χ2n) is 7.61. The molecule has 2 fully saturated rings. The van der Waals surface area contributed by atoms with Crippen molar-refractivity contribution in [3.63, 3.8) is 0 Å². The Kier molecular flexibility index (Phi) is 5.51. The van der Waals surface area contributed by atoms with Crippen LogP contribution in [0, 0.1) is 0 Å². The lowest BCUT2D eigenvalue weighted by Crippen LogP contribution is -2.62. The van der Waals surface area contributed by atoms with E-state index in [4.69, 9.17) is 0 Å². The van der Waals surface area contributed by atoms with Gasteiger partial charge in [0.05, 0.1) is 0 Å². The van der Waals surface area contributed by atoms with E-state index in [1.165, 1.54) is 5.56 Å². The number of nitrogens with one attached hydrogen (secondary N) is 1. The molecule has 1 aromatic rings. The van der Waals surface area contributed by atoms with Gasteiger partial charge in [-0.05, 0) is 44.0 Å². The number of carbonyl (C=O) groups is 2. The molecular weight excluding hydrogens is 328 g/mol. The van der Waals surface area contributed by atoms with Crippen molar-refractivity contribution < 1.29 is 9.59 Å². The van der Waals surface area contributed by atoms with Crippen LogP contribution < -0.4 is 5.32 Å². The van der Waals surface area contributed by atoms with Crippen LogP contribution in [0.25, 0.3) is 0 Å². The van der Waals surface area contributed by atoms with Gasteiger partial charge in [0.25, 0.3) is 0 Å². The van der Waals surface area contributed by atoms with Crippen LogP contribution in [-0.2, 0) is 11.2 Å². The van der Waals surface area contributed by atoms with Crippen LogP contribution in [-0.4, -0.2) is 72.5 Å². The van der Waals surface area contributed by atoms with Crippen molar-refractivity contribution in [2.75, 3.05) is 45.6 Å². The molecule has 3 amide bonds. The normalized spacial score (nSPS) is 24.7. The van der Waals surface area contributed by atoms with Gasteiger partial charge in [-0.1, -0.05) is 19.1 Å². The minimum Gasteiger partial charge on any atom is -0.346 e. The predicted octanol–water partition coefficient (Wildman–Crippen LogP) is 2.41. The van der Waals surface area contributed by atoms with Crippen molar-refractivity contribution in [1.29, 1.82) is 0 Å². The van der Waals surface area contributed by atoms with Crippen LogP contribution in [0.2, 0.25) is 0 Å². The SMILES string of the molecule is CCc1ccc(NC(=O)N2CCN(C)C3(CCC(=O)N(C)CC3)C2)cc1. The number of urea groups is 1. The van der Waals surface area contributed by atoms with Crippen molar-refractivity contribution in [3.8, 4) is 0 Å². The number of amides is 3. The zero-order valence-electron chi connectivity index (χ0n) is 16.1. The first-order chi connectivity index (χ1) is 12.4. The van der Waals surface area contributed by atoms with E-state index in [0.29, 0.717) is 19.5 Å². The smallest absolute Gasteiger partial charge is 0.321 e. The van der Waals surface area contributed by atoms with Gasteiger partial charge in [0.2, 0.25) is 5.91 Å². The summed E-state index contributed by atoms with van der Waals surface area (Å²) in [5.41, 5.74) is 1.98. The van der Waals surface area contributed by atoms with E-state index >= 15 is 0 Å². The number of anilines is 1. The molecular formula is C20H30N4O2. The molecule has 3 rings (SSSR count). The third-order valence-electron chi connectivity index (χ3n) is 6.04. The average molecular weight is 358 g/mol. The van der Waals surface area contributed by atoms with Crippen molar-refractivity contribution >= 4 is 17.6 Å². The highest BCUT2D eigenvalue weighted by Gasteiger charge is 2.42. The molecule has 6 nitrogen and oxygen atoms in total. The minimum absolute atomic E-state index is 0.0503. The number of likely N-dealkylation sites (N-methyl/N-ethyl adjacent to an activating group) is 1. The average Bonchev–Trinajstić information content (AvgIpc) is 2.79. The van der Waals surface area contributed by atoms with Gasteiger partial charge in [0.15, 0.2) is 0 Å². The second kappa shape index (κ2) is 7.66. The number of nitrogens with zero attached hydrogens (tertiary/aromatic N) is 3. The molecule has 1 aromatic carbocycles. The Hall–Kier alpha value is -2.08.